The maximum absolute atomic E-state index is 11.8. The fraction of sp³-hybridized carbons (Fsp3) is 0.556. The zero-order valence-electron chi connectivity index (χ0n) is 9.48. The number of hydrogen-bond donors (Lipinski definition) is 2. The molecule has 0 saturated heterocycles. The molecule has 6 nitrogen and oxygen atoms in total. The molecule has 1 heterocycles. The highest BCUT2D eigenvalue weighted by molar-refractivity contribution is 7.92. The molecule has 0 radical (unpaired) electrons. The van der Waals surface area contributed by atoms with Crippen LogP contribution in [0.1, 0.15) is 28.2 Å². The van der Waals surface area contributed by atoms with Crippen LogP contribution in [0, 0.1) is 6.92 Å². The van der Waals surface area contributed by atoms with Gasteiger partial charge in [0.05, 0.1) is 11.9 Å². The summed E-state index contributed by atoms with van der Waals surface area (Å²) < 4.78 is 24.3. The number of sulfonamides is 1. The molecule has 0 bridgehead atoms. The molecule has 0 aromatic carbocycles. The summed E-state index contributed by atoms with van der Waals surface area (Å²) in [7, 11) is -3.35. The first-order chi connectivity index (χ1) is 7.85. The van der Waals surface area contributed by atoms with E-state index < -0.39 is 10.0 Å². The number of rotatable bonds is 4. The van der Waals surface area contributed by atoms with Gasteiger partial charge in [-0.2, -0.15) is 0 Å². The van der Waals surface area contributed by atoms with E-state index in [1.807, 2.05) is 0 Å². The van der Waals surface area contributed by atoms with E-state index in [0.717, 1.165) is 30.4 Å². The second kappa shape index (κ2) is 4.26. The number of carbonyl (C=O) groups is 1. The predicted molar refractivity (Wildman–Crippen MR) is 65.8 cm³/mol. The fourth-order valence-electron chi connectivity index (χ4n) is 1.29. The first-order valence-electron chi connectivity index (χ1n) is 5.11. The first-order valence-corrected chi connectivity index (χ1v) is 7.82. The van der Waals surface area contributed by atoms with Gasteiger partial charge < -0.3 is 5.32 Å². The maximum atomic E-state index is 11.8. The summed E-state index contributed by atoms with van der Waals surface area (Å²) in [5.74, 6) is -0.177. The molecule has 2 N–H and O–H groups in total. The molecule has 0 spiro atoms. The van der Waals surface area contributed by atoms with E-state index in [-0.39, 0.29) is 17.1 Å². The smallest absolute Gasteiger partial charge is 0.263 e. The molecule has 1 aromatic heterocycles. The molecule has 1 aliphatic rings. The molecule has 1 fully saturated rings. The summed E-state index contributed by atoms with van der Waals surface area (Å²) in [5.41, 5.74) is 0.541. The Balaban J connectivity index is 2.14. The van der Waals surface area contributed by atoms with Crippen molar-refractivity contribution >= 4 is 32.4 Å². The zero-order chi connectivity index (χ0) is 12.6. The van der Waals surface area contributed by atoms with E-state index in [0.29, 0.717) is 10.6 Å². The van der Waals surface area contributed by atoms with Crippen molar-refractivity contribution in [3.05, 3.63) is 10.6 Å². The lowest BCUT2D eigenvalue weighted by Crippen LogP contribution is -2.25. The SMILES string of the molecule is Cc1nc(NS(C)(=O)=O)sc1C(=O)NC1CC1. The van der Waals surface area contributed by atoms with Crippen LogP contribution in [-0.2, 0) is 10.0 Å². The number of carbonyl (C=O) groups excluding carboxylic acids is 1. The minimum atomic E-state index is -3.35. The lowest BCUT2D eigenvalue weighted by Gasteiger charge is -1.99. The summed E-state index contributed by atoms with van der Waals surface area (Å²) in [5, 5.41) is 3.07. The molecule has 1 amide bonds. The molecular formula is C9H13N3O3S2. The van der Waals surface area contributed by atoms with Crippen molar-refractivity contribution in [2.24, 2.45) is 0 Å². The number of hydrogen-bond acceptors (Lipinski definition) is 5. The fourth-order valence-corrected chi connectivity index (χ4v) is 2.99. The number of aromatic nitrogens is 1. The Morgan fingerprint density at radius 3 is 2.65 bits per heavy atom. The van der Waals surface area contributed by atoms with E-state index in [9.17, 15) is 13.2 Å². The molecule has 1 aliphatic carbocycles. The monoisotopic (exact) mass is 275 g/mol. The van der Waals surface area contributed by atoms with Crippen LogP contribution in [-0.4, -0.2) is 31.6 Å². The van der Waals surface area contributed by atoms with Gasteiger partial charge in [0.25, 0.3) is 5.91 Å². The van der Waals surface area contributed by atoms with Crippen molar-refractivity contribution in [3.63, 3.8) is 0 Å². The largest absolute Gasteiger partial charge is 0.349 e. The molecule has 17 heavy (non-hydrogen) atoms. The van der Waals surface area contributed by atoms with Crippen molar-refractivity contribution in [1.82, 2.24) is 10.3 Å². The topological polar surface area (TPSA) is 88.2 Å². The summed E-state index contributed by atoms with van der Waals surface area (Å²) in [6, 6.07) is 0.273. The summed E-state index contributed by atoms with van der Waals surface area (Å²) in [4.78, 5) is 16.3. The Hall–Kier alpha value is -1.15. The van der Waals surface area contributed by atoms with Crippen molar-refractivity contribution < 1.29 is 13.2 Å². The number of aryl methyl sites for hydroxylation is 1. The van der Waals surface area contributed by atoms with Gasteiger partial charge in [0.2, 0.25) is 10.0 Å². The molecule has 0 unspecified atom stereocenters. The van der Waals surface area contributed by atoms with Gasteiger partial charge in [0.15, 0.2) is 5.13 Å². The van der Waals surface area contributed by atoms with Gasteiger partial charge in [-0.05, 0) is 19.8 Å². The van der Waals surface area contributed by atoms with Crippen LogP contribution < -0.4 is 10.0 Å². The molecule has 0 atom stereocenters. The second-order valence-corrected chi connectivity index (χ2v) is 6.80. The van der Waals surface area contributed by atoms with Gasteiger partial charge in [0, 0.05) is 6.04 Å². The molecule has 0 aliphatic heterocycles. The van der Waals surface area contributed by atoms with Crippen molar-refractivity contribution in [2.45, 2.75) is 25.8 Å². The molecule has 8 heteroatoms. The highest BCUT2D eigenvalue weighted by Gasteiger charge is 2.26. The highest BCUT2D eigenvalue weighted by atomic mass is 32.2. The van der Waals surface area contributed by atoms with E-state index in [1.165, 1.54) is 0 Å². The van der Waals surface area contributed by atoms with Gasteiger partial charge >= 0.3 is 0 Å². The maximum Gasteiger partial charge on any atom is 0.263 e. The first kappa shape index (κ1) is 12.3. The van der Waals surface area contributed by atoms with Crippen molar-refractivity contribution in [2.75, 3.05) is 11.0 Å². The molecular weight excluding hydrogens is 262 g/mol. The quantitative estimate of drug-likeness (QED) is 0.847. The highest BCUT2D eigenvalue weighted by Crippen LogP contribution is 2.25. The number of nitrogens with one attached hydrogen (secondary N) is 2. The Morgan fingerprint density at radius 2 is 2.12 bits per heavy atom. The van der Waals surface area contributed by atoms with Crippen LogP contribution in [0.25, 0.3) is 0 Å². The average Bonchev–Trinajstić information content (AvgIpc) is 2.88. The van der Waals surface area contributed by atoms with Crippen LogP contribution in [0.3, 0.4) is 0 Å². The van der Waals surface area contributed by atoms with Gasteiger partial charge in [-0.1, -0.05) is 11.3 Å². The van der Waals surface area contributed by atoms with Gasteiger partial charge in [-0.15, -0.1) is 0 Å². The summed E-state index contributed by atoms with van der Waals surface area (Å²) in [6.45, 7) is 1.69. The van der Waals surface area contributed by atoms with Crippen LogP contribution in [0.15, 0.2) is 0 Å². The van der Waals surface area contributed by atoms with Gasteiger partial charge in [-0.3, -0.25) is 9.52 Å². The average molecular weight is 275 g/mol. The third kappa shape index (κ3) is 3.40. The Kier molecular flexibility index (Phi) is 3.09. The molecule has 2 rings (SSSR count). The lowest BCUT2D eigenvalue weighted by atomic mass is 10.4. The van der Waals surface area contributed by atoms with E-state index in [4.69, 9.17) is 0 Å². The Morgan fingerprint density at radius 1 is 1.47 bits per heavy atom. The lowest BCUT2D eigenvalue weighted by molar-refractivity contribution is 0.0954. The zero-order valence-corrected chi connectivity index (χ0v) is 11.1. The van der Waals surface area contributed by atoms with E-state index >= 15 is 0 Å². The standard InChI is InChI=1S/C9H13N3O3S2/c1-5-7(8(13)11-6-3-4-6)16-9(10-5)12-17(2,14)15/h6H,3-4H2,1-2H3,(H,10,12)(H,11,13). The van der Waals surface area contributed by atoms with Gasteiger partial charge in [-0.25, -0.2) is 13.4 Å². The van der Waals surface area contributed by atoms with Gasteiger partial charge in [0.1, 0.15) is 4.88 Å². The van der Waals surface area contributed by atoms with Crippen LogP contribution >= 0.6 is 11.3 Å². The number of nitrogens with zero attached hydrogens (tertiary/aromatic N) is 1. The Bertz CT molecular complexity index is 546. The van der Waals surface area contributed by atoms with E-state index in [2.05, 4.69) is 15.0 Å². The third-order valence-corrected chi connectivity index (χ3v) is 3.95. The summed E-state index contributed by atoms with van der Waals surface area (Å²) in [6.07, 6.45) is 3.07. The van der Waals surface area contributed by atoms with Crippen molar-refractivity contribution in [3.8, 4) is 0 Å². The molecule has 94 valence electrons. The van der Waals surface area contributed by atoms with Crippen molar-refractivity contribution in [1.29, 1.82) is 0 Å². The van der Waals surface area contributed by atoms with Crippen LogP contribution in [0.5, 0.6) is 0 Å². The minimum absolute atomic E-state index is 0.177. The third-order valence-electron chi connectivity index (χ3n) is 2.19. The Labute approximate surface area is 103 Å². The summed E-state index contributed by atoms with van der Waals surface area (Å²) >= 11 is 1.05. The van der Waals surface area contributed by atoms with Crippen LogP contribution in [0.2, 0.25) is 0 Å². The minimum Gasteiger partial charge on any atom is -0.349 e. The van der Waals surface area contributed by atoms with Crippen LogP contribution in [0.4, 0.5) is 5.13 Å². The molecule has 1 saturated carbocycles. The number of thiazole rings is 1. The number of amides is 1. The predicted octanol–water partition coefficient (Wildman–Crippen LogP) is 0.715. The van der Waals surface area contributed by atoms with E-state index in [1.54, 1.807) is 6.92 Å². The number of anilines is 1. The molecule has 1 aromatic rings. The normalized spacial score (nSPS) is 15.6. The second-order valence-electron chi connectivity index (χ2n) is 4.06.